The Morgan fingerprint density at radius 1 is 1.33 bits per heavy atom. The topological polar surface area (TPSA) is 0 Å². The van der Waals surface area contributed by atoms with Crippen molar-refractivity contribution in [1.29, 1.82) is 0 Å². The second-order valence-electron chi connectivity index (χ2n) is 2.72. The quantitative estimate of drug-likeness (QED) is 0.563. The van der Waals surface area contributed by atoms with Crippen LogP contribution in [-0.4, -0.2) is 15.7 Å². The van der Waals surface area contributed by atoms with Crippen LogP contribution in [0.15, 0.2) is 23.6 Å². The van der Waals surface area contributed by atoms with E-state index in [4.69, 9.17) is 15.7 Å². The van der Waals surface area contributed by atoms with Crippen molar-refractivity contribution in [3.8, 4) is 0 Å². The molecule has 0 aliphatic carbocycles. The number of thiophene rings is 1. The maximum atomic E-state index is 5.67. The van der Waals surface area contributed by atoms with Crippen LogP contribution in [0.1, 0.15) is 5.56 Å². The molecule has 12 heavy (non-hydrogen) atoms. The van der Waals surface area contributed by atoms with Gasteiger partial charge in [-0.05, 0) is 22.4 Å². The van der Waals surface area contributed by atoms with Crippen molar-refractivity contribution < 1.29 is 0 Å². The molecule has 1 aromatic carbocycles. The first-order chi connectivity index (χ1) is 5.81. The highest BCUT2D eigenvalue weighted by atomic mass is 32.1. The van der Waals surface area contributed by atoms with E-state index in [0.29, 0.717) is 6.32 Å². The summed E-state index contributed by atoms with van der Waals surface area (Å²) in [5, 5.41) is 3.28. The van der Waals surface area contributed by atoms with E-state index in [1.807, 2.05) is 18.2 Å². The maximum Gasteiger partial charge on any atom is 0.113 e. The number of rotatable bonds is 1. The van der Waals surface area contributed by atoms with Gasteiger partial charge in [-0.25, -0.2) is 0 Å². The molecule has 0 aliphatic heterocycles. The van der Waals surface area contributed by atoms with Crippen molar-refractivity contribution in [2.24, 2.45) is 0 Å². The Balaban J connectivity index is 2.75. The van der Waals surface area contributed by atoms with E-state index >= 15 is 0 Å². The van der Waals surface area contributed by atoms with Gasteiger partial charge in [0.05, 0.1) is 7.85 Å². The minimum absolute atomic E-state index is 0.587. The van der Waals surface area contributed by atoms with Gasteiger partial charge in [-0.2, -0.15) is 0 Å². The Labute approximate surface area is 78.4 Å². The molecule has 0 N–H and O–H groups in total. The Morgan fingerprint density at radius 3 is 2.92 bits per heavy atom. The first kappa shape index (κ1) is 7.93. The molecule has 3 heteroatoms. The monoisotopic (exact) mass is 168 g/mol. The van der Waals surface area contributed by atoms with E-state index in [-0.39, 0.29) is 0 Å². The average Bonchev–Trinajstić information content (AvgIpc) is 2.46. The summed E-state index contributed by atoms with van der Waals surface area (Å²) in [4.78, 5) is 0. The van der Waals surface area contributed by atoms with Crippen LogP contribution in [-0.2, 0) is 6.32 Å². The Kier molecular flexibility index (Phi) is 1.97. The van der Waals surface area contributed by atoms with Crippen LogP contribution in [0.2, 0.25) is 0 Å². The van der Waals surface area contributed by atoms with Crippen molar-refractivity contribution in [3.63, 3.8) is 0 Å². The second-order valence-corrected chi connectivity index (χ2v) is 3.63. The molecule has 0 saturated heterocycles. The van der Waals surface area contributed by atoms with Crippen LogP contribution in [0.4, 0.5) is 0 Å². The molecule has 0 saturated carbocycles. The van der Waals surface area contributed by atoms with E-state index in [9.17, 15) is 0 Å². The van der Waals surface area contributed by atoms with Gasteiger partial charge in [0.25, 0.3) is 0 Å². The smallest absolute Gasteiger partial charge is 0.113 e. The van der Waals surface area contributed by atoms with Gasteiger partial charge in [0, 0.05) is 4.70 Å². The molecule has 0 bridgehead atoms. The summed E-state index contributed by atoms with van der Waals surface area (Å²) in [6.45, 7) is 0. The number of hydrogen-bond acceptors (Lipinski definition) is 1. The lowest BCUT2D eigenvalue weighted by atomic mass is 9.91. The van der Waals surface area contributed by atoms with Crippen LogP contribution in [0.25, 0.3) is 10.1 Å². The van der Waals surface area contributed by atoms with Crippen LogP contribution < -0.4 is 5.46 Å². The third-order valence-electron chi connectivity index (χ3n) is 1.90. The van der Waals surface area contributed by atoms with Crippen LogP contribution in [0, 0.1) is 0 Å². The highest BCUT2D eigenvalue weighted by molar-refractivity contribution is 7.17. The van der Waals surface area contributed by atoms with Gasteiger partial charge in [0.1, 0.15) is 7.85 Å². The van der Waals surface area contributed by atoms with Crippen molar-refractivity contribution in [2.45, 2.75) is 6.32 Å². The first-order valence-corrected chi connectivity index (χ1v) is 4.65. The van der Waals surface area contributed by atoms with Crippen LogP contribution >= 0.6 is 11.3 Å². The molecular weight excluding hydrogens is 162 g/mol. The summed E-state index contributed by atoms with van der Waals surface area (Å²) in [6.07, 6.45) is 0.587. The highest BCUT2D eigenvalue weighted by Gasteiger charge is 2.00. The molecule has 0 atom stereocenters. The summed E-state index contributed by atoms with van der Waals surface area (Å²) >= 11 is 1.71. The van der Waals surface area contributed by atoms with E-state index in [2.05, 4.69) is 5.38 Å². The van der Waals surface area contributed by atoms with Gasteiger partial charge in [-0.15, -0.1) is 11.3 Å². The van der Waals surface area contributed by atoms with Crippen LogP contribution in [0.3, 0.4) is 0 Å². The second kappa shape index (κ2) is 2.98. The molecule has 1 heterocycles. The Bertz CT molecular complexity index is 406. The predicted octanol–water partition coefficient (Wildman–Crippen LogP) is 1.36. The van der Waals surface area contributed by atoms with Gasteiger partial charge in [-0.3, -0.25) is 0 Å². The van der Waals surface area contributed by atoms with Gasteiger partial charge < -0.3 is 0 Å². The molecule has 0 nitrogen and oxygen atoms in total. The summed E-state index contributed by atoms with van der Waals surface area (Å²) in [6, 6.07) is 5.93. The summed E-state index contributed by atoms with van der Waals surface area (Å²) in [5.74, 6) is 0. The SMILES string of the molecule is [B]Cc1csc2ccc([B])cc12. The standard InChI is InChI=1S/C9H6B2S/c10-4-6-5-12-9-2-1-7(11)3-8(6)9/h1-3,5H,4H2. The minimum atomic E-state index is 0.587. The third-order valence-corrected chi connectivity index (χ3v) is 2.91. The molecule has 2 rings (SSSR count). The average molecular weight is 168 g/mol. The van der Waals surface area contributed by atoms with Crippen LogP contribution in [0.5, 0.6) is 0 Å². The van der Waals surface area contributed by atoms with E-state index in [1.54, 1.807) is 11.3 Å². The molecule has 54 valence electrons. The molecular formula is C9H6B2S. The number of fused-ring (bicyclic) bond motifs is 1. The van der Waals surface area contributed by atoms with Crippen molar-refractivity contribution >= 4 is 42.6 Å². The van der Waals surface area contributed by atoms with Crippen molar-refractivity contribution in [1.82, 2.24) is 0 Å². The fourth-order valence-electron chi connectivity index (χ4n) is 1.26. The van der Waals surface area contributed by atoms with Gasteiger partial charge >= 0.3 is 0 Å². The normalized spacial score (nSPS) is 10.7. The van der Waals surface area contributed by atoms with E-state index in [0.717, 1.165) is 5.46 Å². The molecule has 0 spiro atoms. The Morgan fingerprint density at radius 2 is 2.17 bits per heavy atom. The predicted molar refractivity (Wildman–Crippen MR) is 56.7 cm³/mol. The lowest BCUT2D eigenvalue weighted by molar-refractivity contribution is 1.50. The summed E-state index contributed by atoms with van der Waals surface area (Å²) < 4.78 is 1.25. The molecule has 0 fully saturated rings. The zero-order valence-corrected chi connectivity index (χ0v) is 7.40. The molecule has 2 aromatic rings. The van der Waals surface area contributed by atoms with E-state index in [1.165, 1.54) is 15.6 Å². The number of hydrogen-bond donors (Lipinski definition) is 0. The highest BCUT2D eigenvalue weighted by Crippen LogP contribution is 2.24. The molecule has 4 radical (unpaired) electrons. The van der Waals surface area contributed by atoms with Crippen molar-refractivity contribution in [3.05, 3.63) is 29.1 Å². The Hall–Kier alpha value is -0.690. The van der Waals surface area contributed by atoms with Gasteiger partial charge in [-0.1, -0.05) is 23.9 Å². The molecule has 1 aromatic heterocycles. The largest absolute Gasteiger partial charge is 0.144 e. The molecule has 0 amide bonds. The first-order valence-electron chi connectivity index (χ1n) is 3.77. The minimum Gasteiger partial charge on any atom is -0.144 e. The van der Waals surface area contributed by atoms with Gasteiger partial charge in [0.2, 0.25) is 0 Å². The lowest BCUT2D eigenvalue weighted by Gasteiger charge is -1.95. The lowest BCUT2D eigenvalue weighted by Crippen LogP contribution is -1.99. The fourth-order valence-corrected chi connectivity index (χ4v) is 2.21. The third kappa shape index (κ3) is 1.18. The summed E-state index contributed by atoms with van der Waals surface area (Å²) in [7, 11) is 11.2. The summed E-state index contributed by atoms with van der Waals surface area (Å²) in [5.41, 5.74) is 1.98. The number of benzene rings is 1. The molecule has 0 aliphatic rings. The zero-order valence-electron chi connectivity index (χ0n) is 6.58. The maximum absolute atomic E-state index is 5.67. The molecule has 0 unspecified atom stereocenters. The van der Waals surface area contributed by atoms with Gasteiger partial charge in [0.15, 0.2) is 0 Å². The fraction of sp³-hybridized carbons (Fsp3) is 0.111. The zero-order chi connectivity index (χ0) is 8.55. The van der Waals surface area contributed by atoms with Crippen molar-refractivity contribution in [2.75, 3.05) is 0 Å². The van der Waals surface area contributed by atoms with E-state index < -0.39 is 0 Å².